The van der Waals surface area contributed by atoms with E-state index in [1.807, 2.05) is 32.0 Å². The van der Waals surface area contributed by atoms with E-state index in [1.54, 1.807) is 49.9 Å². The van der Waals surface area contributed by atoms with Crippen molar-refractivity contribution < 1.29 is 24.2 Å². The predicted molar refractivity (Wildman–Crippen MR) is 156 cm³/mol. The Kier molecular flexibility index (Phi) is 10.6. The van der Waals surface area contributed by atoms with E-state index in [0.717, 1.165) is 54.4 Å². The zero-order valence-electron chi connectivity index (χ0n) is 24.8. The first-order chi connectivity index (χ1) is 18.9. The van der Waals surface area contributed by atoms with Crippen molar-refractivity contribution in [1.82, 2.24) is 15.5 Å². The molecule has 3 N–H and O–H groups in total. The van der Waals surface area contributed by atoms with Crippen molar-refractivity contribution in [2.75, 3.05) is 6.54 Å². The van der Waals surface area contributed by atoms with E-state index in [1.165, 1.54) is 0 Å². The van der Waals surface area contributed by atoms with Crippen LogP contribution in [0, 0.1) is 13.8 Å². The number of phenols is 1. The van der Waals surface area contributed by atoms with E-state index in [4.69, 9.17) is 4.74 Å². The van der Waals surface area contributed by atoms with Gasteiger partial charge in [0.05, 0.1) is 0 Å². The number of aromatic hydroxyl groups is 1. The van der Waals surface area contributed by atoms with Gasteiger partial charge in [-0.3, -0.25) is 9.59 Å². The number of ether oxygens (including phenoxy) is 1. The summed E-state index contributed by atoms with van der Waals surface area (Å²) in [5.74, 6) is -0.440. The fraction of sp³-hybridized carbons (Fsp3) is 0.531. The summed E-state index contributed by atoms with van der Waals surface area (Å²) >= 11 is 0. The van der Waals surface area contributed by atoms with Gasteiger partial charge in [0, 0.05) is 19.0 Å². The number of rotatable bonds is 11. The second-order valence-electron chi connectivity index (χ2n) is 11.8. The van der Waals surface area contributed by atoms with Crippen LogP contribution in [0.4, 0.5) is 4.79 Å². The third kappa shape index (κ3) is 8.47. The summed E-state index contributed by atoms with van der Waals surface area (Å²) < 4.78 is 5.51. The summed E-state index contributed by atoms with van der Waals surface area (Å²) in [6.45, 7) is 11.8. The molecule has 1 aliphatic carbocycles. The minimum Gasteiger partial charge on any atom is -0.508 e. The quantitative estimate of drug-likeness (QED) is 0.321. The minimum atomic E-state index is -0.976. The number of benzene rings is 2. The number of nitrogens with one attached hydrogen (secondary N) is 2. The highest BCUT2D eigenvalue weighted by Gasteiger charge is 2.42. The molecule has 3 amide bonds. The Morgan fingerprint density at radius 3 is 2.33 bits per heavy atom. The Morgan fingerprint density at radius 2 is 1.75 bits per heavy atom. The molecule has 8 heteroatoms. The molecule has 0 aromatic heterocycles. The number of aryl methyl sites for hydroxylation is 2. The van der Waals surface area contributed by atoms with Crippen molar-refractivity contribution in [1.29, 1.82) is 0 Å². The molecule has 218 valence electrons. The highest BCUT2D eigenvalue weighted by atomic mass is 16.6. The van der Waals surface area contributed by atoms with Gasteiger partial charge in [-0.25, -0.2) is 4.79 Å². The number of alkyl carbamates (subject to hydrolysis) is 1. The molecule has 0 aliphatic heterocycles. The summed E-state index contributed by atoms with van der Waals surface area (Å²) in [5.41, 5.74) is 2.73. The van der Waals surface area contributed by atoms with Gasteiger partial charge in [0.2, 0.25) is 11.8 Å². The first-order valence-electron chi connectivity index (χ1n) is 14.3. The molecule has 3 rings (SSSR count). The third-order valence-corrected chi connectivity index (χ3v) is 7.17. The van der Waals surface area contributed by atoms with Crippen LogP contribution in [-0.4, -0.2) is 52.1 Å². The third-order valence-electron chi connectivity index (χ3n) is 7.17. The first-order valence-corrected chi connectivity index (χ1v) is 14.3. The number of hydrogen-bond acceptors (Lipinski definition) is 5. The van der Waals surface area contributed by atoms with Crippen LogP contribution in [0.3, 0.4) is 0 Å². The number of nitrogens with zero attached hydrogens (tertiary/aromatic N) is 1. The molecule has 40 heavy (non-hydrogen) atoms. The van der Waals surface area contributed by atoms with Crippen molar-refractivity contribution in [3.05, 3.63) is 64.7 Å². The van der Waals surface area contributed by atoms with Crippen LogP contribution in [-0.2, 0) is 20.7 Å². The van der Waals surface area contributed by atoms with Crippen LogP contribution in [0.2, 0.25) is 0 Å². The number of unbranched alkanes of at least 4 members (excludes halogenated alkanes) is 1. The number of hydrogen-bond donors (Lipinski definition) is 3. The Morgan fingerprint density at radius 1 is 1.07 bits per heavy atom. The molecule has 0 spiro atoms. The first kappa shape index (κ1) is 31.0. The summed E-state index contributed by atoms with van der Waals surface area (Å²) in [7, 11) is 0. The molecule has 2 unspecified atom stereocenters. The van der Waals surface area contributed by atoms with Gasteiger partial charge in [0.25, 0.3) is 0 Å². The van der Waals surface area contributed by atoms with Crippen LogP contribution in [0.15, 0.2) is 42.5 Å². The van der Waals surface area contributed by atoms with Crippen LogP contribution >= 0.6 is 0 Å². The number of amides is 3. The zero-order chi connectivity index (χ0) is 29.4. The Hall–Kier alpha value is -3.55. The molecule has 0 heterocycles. The lowest BCUT2D eigenvalue weighted by Crippen LogP contribution is -2.58. The Labute approximate surface area is 238 Å². The van der Waals surface area contributed by atoms with Gasteiger partial charge in [-0.15, -0.1) is 0 Å². The van der Waals surface area contributed by atoms with Gasteiger partial charge in [-0.1, -0.05) is 49.2 Å². The smallest absolute Gasteiger partial charge is 0.408 e. The molecule has 2 atom stereocenters. The van der Waals surface area contributed by atoms with Crippen molar-refractivity contribution in [3.63, 3.8) is 0 Å². The van der Waals surface area contributed by atoms with Crippen molar-refractivity contribution in [2.45, 2.75) is 104 Å². The summed E-state index contributed by atoms with van der Waals surface area (Å²) in [5, 5.41) is 15.6. The Balaban J connectivity index is 2.05. The molecular weight excluding hydrogens is 506 g/mol. The summed E-state index contributed by atoms with van der Waals surface area (Å²) in [6.07, 6.45) is 3.79. The van der Waals surface area contributed by atoms with Crippen molar-refractivity contribution >= 4 is 17.9 Å². The van der Waals surface area contributed by atoms with Gasteiger partial charge in [0.1, 0.15) is 23.4 Å². The lowest BCUT2D eigenvalue weighted by molar-refractivity contribution is -0.147. The van der Waals surface area contributed by atoms with Crippen molar-refractivity contribution in [3.8, 4) is 5.75 Å². The number of carbonyl (C=O) groups excluding carboxylic acids is 3. The standard InChI is InChI=1S/C32H45N3O5/c1-7-8-18-33-29(37)28(26-19-21(2)12-13-22(26)3)35(24-10-9-11-24)30(38)27(34-31(39)40-32(4,5)6)20-23-14-16-25(36)17-15-23/h12-17,19,24,27-28,36H,7-11,18,20H2,1-6H3,(H,33,37)(H,34,39). The van der Waals surface area contributed by atoms with Gasteiger partial charge in [0.15, 0.2) is 0 Å². The number of phenolic OH excluding ortho intramolecular Hbond substituents is 1. The molecular formula is C32H45N3O5. The fourth-order valence-electron chi connectivity index (χ4n) is 4.84. The second-order valence-corrected chi connectivity index (χ2v) is 11.8. The maximum absolute atomic E-state index is 14.5. The van der Waals surface area contributed by atoms with Gasteiger partial charge < -0.3 is 25.4 Å². The van der Waals surface area contributed by atoms with Crippen LogP contribution in [0.1, 0.15) is 88.1 Å². The molecule has 1 saturated carbocycles. The zero-order valence-corrected chi connectivity index (χ0v) is 24.8. The van der Waals surface area contributed by atoms with Crippen LogP contribution < -0.4 is 10.6 Å². The van der Waals surface area contributed by atoms with Gasteiger partial charge in [-0.2, -0.15) is 0 Å². The monoisotopic (exact) mass is 551 g/mol. The normalized spacial score (nSPS) is 14.9. The van der Waals surface area contributed by atoms with Crippen LogP contribution in [0.5, 0.6) is 5.75 Å². The highest BCUT2D eigenvalue weighted by Crippen LogP contribution is 2.35. The molecule has 8 nitrogen and oxygen atoms in total. The average molecular weight is 552 g/mol. The number of carbonyl (C=O) groups is 3. The Bertz CT molecular complexity index is 1170. The lowest BCUT2D eigenvalue weighted by Gasteiger charge is -2.44. The van der Waals surface area contributed by atoms with Crippen molar-refractivity contribution in [2.24, 2.45) is 0 Å². The second kappa shape index (κ2) is 13.7. The molecule has 0 radical (unpaired) electrons. The van der Waals surface area contributed by atoms with E-state index >= 15 is 0 Å². The summed E-state index contributed by atoms with van der Waals surface area (Å²) in [4.78, 5) is 43.0. The SMILES string of the molecule is CCCCNC(=O)C(c1cc(C)ccc1C)N(C(=O)C(Cc1ccc(O)cc1)NC(=O)OC(C)(C)C)C1CCC1. The van der Waals surface area contributed by atoms with Crippen LogP contribution in [0.25, 0.3) is 0 Å². The average Bonchev–Trinajstić information content (AvgIpc) is 2.84. The minimum absolute atomic E-state index is 0.113. The van der Waals surface area contributed by atoms with E-state index in [0.29, 0.717) is 6.54 Å². The van der Waals surface area contributed by atoms with Gasteiger partial charge >= 0.3 is 6.09 Å². The van der Waals surface area contributed by atoms with Gasteiger partial charge in [-0.05, 0) is 89.1 Å². The largest absolute Gasteiger partial charge is 0.508 e. The fourth-order valence-corrected chi connectivity index (χ4v) is 4.84. The maximum Gasteiger partial charge on any atom is 0.408 e. The molecule has 1 fully saturated rings. The molecule has 1 aliphatic rings. The molecule has 2 aromatic rings. The van der Waals surface area contributed by atoms with E-state index in [-0.39, 0.29) is 30.0 Å². The molecule has 0 saturated heterocycles. The topological polar surface area (TPSA) is 108 Å². The van der Waals surface area contributed by atoms with E-state index < -0.39 is 23.8 Å². The predicted octanol–water partition coefficient (Wildman–Crippen LogP) is 5.48. The van der Waals surface area contributed by atoms with E-state index in [9.17, 15) is 19.5 Å². The molecule has 0 bridgehead atoms. The molecule has 2 aromatic carbocycles. The lowest BCUT2D eigenvalue weighted by atomic mass is 9.86. The maximum atomic E-state index is 14.5. The summed E-state index contributed by atoms with van der Waals surface area (Å²) in [6, 6.07) is 10.6. The van der Waals surface area contributed by atoms with E-state index in [2.05, 4.69) is 17.6 Å². The highest BCUT2D eigenvalue weighted by molar-refractivity contribution is 5.93.